The Morgan fingerprint density at radius 2 is 2.05 bits per heavy atom. The summed E-state index contributed by atoms with van der Waals surface area (Å²) in [7, 11) is 1.73. The van der Waals surface area contributed by atoms with Crippen molar-refractivity contribution in [2.24, 2.45) is 5.73 Å². The maximum absolute atomic E-state index is 6.12. The molecule has 2 rings (SSSR count). The number of ether oxygens (including phenoxy) is 1. The summed E-state index contributed by atoms with van der Waals surface area (Å²) in [5.41, 5.74) is 7.40. The van der Waals surface area contributed by atoms with Crippen molar-refractivity contribution in [3.63, 3.8) is 0 Å². The van der Waals surface area contributed by atoms with Gasteiger partial charge in [0.2, 0.25) is 0 Å². The van der Waals surface area contributed by atoms with E-state index < -0.39 is 0 Å². The fourth-order valence-corrected chi connectivity index (χ4v) is 2.93. The van der Waals surface area contributed by atoms with Gasteiger partial charge in [-0.05, 0) is 18.9 Å². The maximum atomic E-state index is 6.12. The molecule has 19 heavy (non-hydrogen) atoms. The van der Waals surface area contributed by atoms with Gasteiger partial charge in [0.05, 0.1) is 7.11 Å². The van der Waals surface area contributed by atoms with E-state index in [2.05, 4.69) is 31.3 Å². The average Bonchev–Trinajstić information content (AvgIpc) is 2.82. The van der Waals surface area contributed by atoms with Crippen molar-refractivity contribution in [3.05, 3.63) is 29.8 Å². The molecule has 0 amide bonds. The molecule has 3 nitrogen and oxygen atoms in total. The van der Waals surface area contributed by atoms with Crippen LogP contribution in [-0.4, -0.2) is 25.7 Å². The van der Waals surface area contributed by atoms with Crippen molar-refractivity contribution < 1.29 is 4.74 Å². The van der Waals surface area contributed by atoms with E-state index in [9.17, 15) is 0 Å². The van der Waals surface area contributed by atoms with E-state index in [1.807, 2.05) is 12.1 Å². The van der Waals surface area contributed by atoms with Crippen LogP contribution < -0.4 is 15.8 Å². The van der Waals surface area contributed by atoms with Gasteiger partial charge >= 0.3 is 0 Å². The highest BCUT2D eigenvalue weighted by Crippen LogP contribution is 2.31. The van der Waals surface area contributed by atoms with Gasteiger partial charge in [-0.2, -0.15) is 0 Å². The van der Waals surface area contributed by atoms with E-state index in [1.54, 1.807) is 7.11 Å². The molecule has 2 unspecified atom stereocenters. The lowest BCUT2D eigenvalue weighted by Crippen LogP contribution is -2.45. The monoisotopic (exact) mass is 262 g/mol. The summed E-state index contributed by atoms with van der Waals surface area (Å²) in [6, 6.07) is 9.04. The molecule has 2 atom stereocenters. The predicted molar refractivity (Wildman–Crippen MR) is 79.6 cm³/mol. The number of hydrogen-bond acceptors (Lipinski definition) is 3. The topological polar surface area (TPSA) is 47.3 Å². The van der Waals surface area contributed by atoms with E-state index in [0.29, 0.717) is 12.1 Å². The van der Waals surface area contributed by atoms with Gasteiger partial charge in [-0.25, -0.2) is 0 Å². The fourth-order valence-electron chi connectivity index (χ4n) is 2.93. The standard InChI is InChI=1S/C16H26N2O/c1-16(2,11-18-14-9-6-8-13(14)17)12-7-4-5-10-15(12)19-3/h4-5,7,10,13-14,18H,6,8-9,11,17H2,1-3H3. The summed E-state index contributed by atoms with van der Waals surface area (Å²) >= 11 is 0. The molecule has 0 spiro atoms. The number of methoxy groups -OCH3 is 1. The first-order valence-electron chi connectivity index (χ1n) is 7.17. The summed E-state index contributed by atoms with van der Waals surface area (Å²) in [6.07, 6.45) is 3.59. The third kappa shape index (κ3) is 3.28. The molecule has 0 heterocycles. The zero-order valence-corrected chi connectivity index (χ0v) is 12.3. The highest BCUT2D eigenvalue weighted by molar-refractivity contribution is 5.39. The van der Waals surface area contributed by atoms with Gasteiger partial charge in [-0.1, -0.05) is 38.5 Å². The molecular weight excluding hydrogens is 236 g/mol. The molecule has 0 bridgehead atoms. The molecule has 0 saturated heterocycles. The SMILES string of the molecule is COc1ccccc1C(C)(C)CNC1CCCC1N. The largest absolute Gasteiger partial charge is 0.496 e. The van der Waals surface area contributed by atoms with Crippen molar-refractivity contribution in [1.82, 2.24) is 5.32 Å². The molecule has 106 valence electrons. The first-order valence-corrected chi connectivity index (χ1v) is 7.17. The Labute approximate surface area is 116 Å². The molecule has 3 N–H and O–H groups in total. The molecule has 1 aromatic rings. The normalized spacial score (nSPS) is 23.6. The minimum atomic E-state index is 0.0366. The van der Waals surface area contributed by atoms with Crippen molar-refractivity contribution in [1.29, 1.82) is 0 Å². The molecule has 0 aromatic heterocycles. The van der Waals surface area contributed by atoms with Gasteiger partial charge < -0.3 is 15.8 Å². The van der Waals surface area contributed by atoms with Crippen LogP contribution >= 0.6 is 0 Å². The number of para-hydroxylation sites is 1. The molecule has 1 aliphatic carbocycles. The lowest BCUT2D eigenvalue weighted by Gasteiger charge is -2.30. The lowest BCUT2D eigenvalue weighted by atomic mass is 9.83. The van der Waals surface area contributed by atoms with Gasteiger partial charge in [-0.3, -0.25) is 0 Å². The molecule has 0 aliphatic heterocycles. The lowest BCUT2D eigenvalue weighted by molar-refractivity contribution is 0.368. The van der Waals surface area contributed by atoms with Crippen LogP contribution in [-0.2, 0) is 5.41 Å². The summed E-state index contributed by atoms with van der Waals surface area (Å²) in [4.78, 5) is 0. The first-order chi connectivity index (χ1) is 9.04. The minimum Gasteiger partial charge on any atom is -0.496 e. The quantitative estimate of drug-likeness (QED) is 0.857. The van der Waals surface area contributed by atoms with E-state index in [0.717, 1.165) is 18.7 Å². The van der Waals surface area contributed by atoms with E-state index in [1.165, 1.54) is 18.4 Å². The summed E-state index contributed by atoms with van der Waals surface area (Å²) in [5.74, 6) is 0.963. The second-order valence-electron chi connectivity index (χ2n) is 6.17. The van der Waals surface area contributed by atoms with Crippen LogP contribution in [0.3, 0.4) is 0 Å². The first kappa shape index (κ1) is 14.4. The second-order valence-corrected chi connectivity index (χ2v) is 6.17. The molecule has 1 aromatic carbocycles. The molecule has 1 aliphatic rings. The number of hydrogen-bond donors (Lipinski definition) is 2. The Morgan fingerprint density at radius 1 is 1.32 bits per heavy atom. The number of benzene rings is 1. The van der Waals surface area contributed by atoms with Gasteiger partial charge in [0, 0.05) is 29.6 Å². The van der Waals surface area contributed by atoms with Crippen molar-refractivity contribution >= 4 is 0 Å². The third-order valence-corrected chi connectivity index (χ3v) is 4.21. The smallest absolute Gasteiger partial charge is 0.122 e. The van der Waals surface area contributed by atoms with Crippen LogP contribution in [0, 0.1) is 0 Å². The van der Waals surface area contributed by atoms with E-state index in [-0.39, 0.29) is 5.41 Å². The zero-order chi connectivity index (χ0) is 13.9. The predicted octanol–water partition coefficient (Wildman–Crippen LogP) is 2.44. The van der Waals surface area contributed by atoms with E-state index >= 15 is 0 Å². The van der Waals surface area contributed by atoms with Crippen molar-refractivity contribution in [2.45, 2.75) is 50.6 Å². The summed E-state index contributed by atoms with van der Waals surface area (Å²) < 4.78 is 5.47. The molecule has 1 saturated carbocycles. The van der Waals surface area contributed by atoms with Crippen molar-refractivity contribution in [2.75, 3.05) is 13.7 Å². The van der Waals surface area contributed by atoms with Crippen LogP contribution in [0.4, 0.5) is 0 Å². The van der Waals surface area contributed by atoms with Gasteiger partial charge in [0.25, 0.3) is 0 Å². The van der Waals surface area contributed by atoms with Crippen LogP contribution in [0.5, 0.6) is 5.75 Å². The van der Waals surface area contributed by atoms with Gasteiger partial charge in [0.15, 0.2) is 0 Å². The number of nitrogens with one attached hydrogen (secondary N) is 1. The highest BCUT2D eigenvalue weighted by Gasteiger charge is 2.28. The van der Waals surface area contributed by atoms with Gasteiger partial charge in [-0.15, -0.1) is 0 Å². The van der Waals surface area contributed by atoms with Crippen LogP contribution in [0.15, 0.2) is 24.3 Å². The minimum absolute atomic E-state index is 0.0366. The molecule has 3 heteroatoms. The number of rotatable bonds is 5. The third-order valence-electron chi connectivity index (χ3n) is 4.21. The Kier molecular flexibility index (Phi) is 4.48. The molecule has 0 radical (unpaired) electrons. The van der Waals surface area contributed by atoms with Crippen LogP contribution in [0.1, 0.15) is 38.7 Å². The summed E-state index contributed by atoms with van der Waals surface area (Å²) in [6.45, 7) is 5.42. The Morgan fingerprint density at radius 3 is 2.68 bits per heavy atom. The van der Waals surface area contributed by atoms with Gasteiger partial charge in [0.1, 0.15) is 5.75 Å². The molecular formula is C16H26N2O. The Balaban J connectivity index is 2.04. The fraction of sp³-hybridized carbons (Fsp3) is 0.625. The maximum Gasteiger partial charge on any atom is 0.122 e. The summed E-state index contributed by atoms with van der Waals surface area (Å²) in [5, 5.41) is 3.64. The average molecular weight is 262 g/mol. The second kappa shape index (κ2) is 5.93. The van der Waals surface area contributed by atoms with Crippen LogP contribution in [0.2, 0.25) is 0 Å². The van der Waals surface area contributed by atoms with Crippen LogP contribution in [0.25, 0.3) is 0 Å². The molecule has 1 fully saturated rings. The Hall–Kier alpha value is -1.06. The van der Waals surface area contributed by atoms with E-state index in [4.69, 9.17) is 10.5 Å². The zero-order valence-electron chi connectivity index (χ0n) is 12.3. The van der Waals surface area contributed by atoms with Crippen molar-refractivity contribution in [3.8, 4) is 5.75 Å². The number of nitrogens with two attached hydrogens (primary N) is 1. The highest BCUT2D eigenvalue weighted by atomic mass is 16.5. The Bertz CT molecular complexity index is 417.